The fraction of sp³-hybridized carbons (Fsp3) is 0.353. The van der Waals surface area contributed by atoms with E-state index in [9.17, 15) is 9.90 Å². The summed E-state index contributed by atoms with van der Waals surface area (Å²) in [4.78, 5) is 11.8. The first-order valence-electron chi connectivity index (χ1n) is 7.09. The molecule has 2 aromatic rings. The van der Waals surface area contributed by atoms with Crippen molar-refractivity contribution in [3.63, 3.8) is 0 Å². The summed E-state index contributed by atoms with van der Waals surface area (Å²) in [5, 5.41) is 17.1. The maximum atomic E-state index is 11.8. The minimum atomic E-state index is -0.889. The highest BCUT2D eigenvalue weighted by molar-refractivity contribution is 7.07. The van der Waals surface area contributed by atoms with Gasteiger partial charge in [0.25, 0.3) is 0 Å². The van der Waals surface area contributed by atoms with Gasteiger partial charge in [-0.3, -0.25) is 4.79 Å². The molecular formula is C17H21NO2S. The zero-order valence-corrected chi connectivity index (χ0v) is 13.0. The predicted molar refractivity (Wildman–Crippen MR) is 86.4 cm³/mol. The molecule has 3 nitrogen and oxygen atoms in total. The van der Waals surface area contributed by atoms with Crippen molar-refractivity contribution in [2.75, 3.05) is 6.54 Å². The molecule has 2 rings (SSSR count). The van der Waals surface area contributed by atoms with Gasteiger partial charge in [-0.15, -0.1) is 0 Å². The number of amides is 1. The van der Waals surface area contributed by atoms with Crippen LogP contribution in [0.4, 0.5) is 0 Å². The van der Waals surface area contributed by atoms with Crippen LogP contribution >= 0.6 is 11.3 Å². The Bertz CT molecular complexity index is 549. The van der Waals surface area contributed by atoms with Crippen LogP contribution in [0.5, 0.6) is 0 Å². The monoisotopic (exact) mass is 303 g/mol. The Morgan fingerprint density at radius 3 is 2.67 bits per heavy atom. The molecule has 1 amide bonds. The third-order valence-corrected chi connectivity index (χ3v) is 4.14. The van der Waals surface area contributed by atoms with Gasteiger partial charge in [0.05, 0.1) is 12.0 Å². The summed E-state index contributed by atoms with van der Waals surface area (Å²) in [5.41, 5.74) is 1.32. The molecule has 0 aliphatic rings. The lowest BCUT2D eigenvalue weighted by molar-refractivity contribution is -0.121. The molecule has 112 valence electrons. The molecule has 0 fully saturated rings. The van der Waals surface area contributed by atoms with Crippen LogP contribution < -0.4 is 5.32 Å². The normalized spacial score (nSPS) is 13.6. The highest BCUT2D eigenvalue weighted by Gasteiger charge is 2.21. The maximum Gasteiger partial charge on any atom is 0.224 e. The minimum Gasteiger partial charge on any atom is -0.388 e. The van der Waals surface area contributed by atoms with Crippen molar-refractivity contribution >= 4 is 17.2 Å². The molecule has 4 heteroatoms. The van der Waals surface area contributed by atoms with E-state index in [-0.39, 0.29) is 12.5 Å². The number of aliphatic hydroxyl groups is 1. The van der Waals surface area contributed by atoms with Crippen molar-refractivity contribution in [2.45, 2.75) is 31.8 Å². The van der Waals surface area contributed by atoms with Gasteiger partial charge in [0.2, 0.25) is 5.91 Å². The zero-order valence-electron chi connectivity index (χ0n) is 12.2. The van der Waals surface area contributed by atoms with Crippen LogP contribution in [-0.4, -0.2) is 23.2 Å². The molecule has 0 bridgehead atoms. The molecule has 1 aromatic carbocycles. The second-order valence-corrected chi connectivity index (χ2v) is 6.35. The van der Waals surface area contributed by atoms with E-state index in [0.717, 1.165) is 12.0 Å². The summed E-state index contributed by atoms with van der Waals surface area (Å²) in [6.45, 7) is 2.05. The molecular weight excluding hydrogens is 282 g/mol. The number of aryl methyl sites for hydroxylation is 1. The molecule has 0 spiro atoms. The van der Waals surface area contributed by atoms with Gasteiger partial charge in [-0.2, -0.15) is 11.3 Å². The maximum absolute atomic E-state index is 11.8. The molecule has 2 N–H and O–H groups in total. The molecule has 1 aromatic heterocycles. The lowest BCUT2D eigenvalue weighted by atomic mass is 9.96. The van der Waals surface area contributed by atoms with Crippen LogP contribution in [0.3, 0.4) is 0 Å². The van der Waals surface area contributed by atoms with E-state index < -0.39 is 5.60 Å². The molecule has 21 heavy (non-hydrogen) atoms. The fourth-order valence-electron chi connectivity index (χ4n) is 2.08. The smallest absolute Gasteiger partial charge is 0.224 e. The van der Waals surface area contributed by atoms with Gasteiger partial charge in [0, 0.05) is 6.54 Å². The Morgan fingerprint density at radius 1 is 1.24 bits per heavy atom. The topological polar surface area (TPSA) is 49.3 Å². The van der Waals surface area contributed by atoms with Crippen molar-refractivity contribution in [3.05, 3.63) is 58.3 Å². The van der Waals surface area contributed by atoms with Crippen LogP contribution in [0.2, 0.25) is 0 Å². The van der Waals surface area contributed by atoms with Gasteiger partial charge in [0.1, 0.15) is 0 Å². The van der Waals surface area contributed by atoms with Crippen molar-refractivity contribution in [1.29, 1.82) is 0 Å². The van der Waals surface area contributed by atoms with E-state index in [2.05, 4.69) is 5.32 Å². The van der Waals surface area contributed by atoms with Crippen LogP contribution in [0.15, 0.2) is 47.2 Å². The minimum absolute atomic E-state index is 0.0478. The Balaban J connectivity index is 1.74. The van der Waals surface area contributed by atoms with Crippen LogP contribution in [0.1, 0.15) is 24.5 Å². The van der Waals surface area contributed by atoms with Crippen LogP contribution in [0.25, 0.3) is 0 Å². The molecule has 0 saturated heterocycles. The first kappa shape index (κ1) is 15.7. The summed E-state index contributed by atoms with van der Waals surface area (Å²) < 4.78 is 0. The van der Waals surface area contributed by atoms with Gasteiger partial charge in [-0.05, 0) is 47.7 Å². The van der Waals surface area contributed by atoms with E-state index in [1.807, 2.05) is 47.2 Å². The van der Waals surface area contributed by atoms with Crippen molar-refractivity contribution in [1.82, 2.24) is 5.32 Å². The molecule has 0 saturated carbocycles. The predicted octanol–water partition coefficient (Wildman–Crippen LogP) is 2.79. The summed E-state index contributed by atoms with van der Waals surface area (Å²) in [6, 6.07) is 12.0. The number of hydrogen-bond acceptors (Lipinski definition) is 3. The Morgan fingerprint density at radius 2 is 2.00 bits per heavy atom. The SMILES string of the molecule is CC(O)(CCc1ccccc1)CNC(=O)Cc1ccsc1. The van der Waals surface area contributed by atoms with Gasteiger partial charge in [0.15, 0.2) is 0 Å². The van der Waals surface area contributed by atoms with E-state index in [1.165, 1.54) is 5.56 Å². The van der Waals surface area contributed by atoms with E-state index in [1.54, 1.807) is 18.3 Å². The molecule has 1 atom stereocenters. The molecule has 0 aliphatic heterocycles. The van der Waals surface area contributed by atoms with Gasteiger partial charge in [-0.1, -0.05) is 30.3 Å². The molecule has 1 heterocycles. The highest BCUT2D eigenvalue weighted by atomic mass is 32.1. The molecule has 1 unspecified atom stereocenters. The second-order valence-electron chi connectivity index (χ2n) is 5.57. The van der Waals surface area contributed by atoms with E-state index >= 15 is 0 Å². The van der Waals surface area contributed by atoms with E-state index in [4.69, 9.17) is 0 Å². The first-order valence-corrected chi connectivity index (χ1v) is 8.03. The summed E-state index contributed by atoms with van der Waals surface area (Å²) >= 11 is 1.58. The third kappa shape index (κ3) is 5.69. The number of nitrogens with one attached hydrogen (secondary N) is 1. The first-order chi connectivity index (χ1) is 10.1. The summed E-state index contributed by atoms with van der Waals surface area (Å²) in [5.74, 6) is -0.0478. The number of carbonyl (C=O) groups excluding carboxylic acids is 1. The van der Waals surface area contributed by atoms with Crippen molar-refractivity contribution in [2.24, 2.45) is 0 Å². The standard InChI is InChI=1S/C17H21NO2S/c1-17(20,9-7-14-5-3-2-4-6-14)13-18-16(19)11-15-8-10-21-12-15/h2-6,8,10,12,20H,7,9,11,13H2,1H3,(H,18,19). The third-order valence-electron chi connectivity index (χ3n) is 3.41. The largest absolute Gasteiger partial charge is 0.388 e. The Kier molecular flexibility index (Phi) is 5.53. The van der Waals surface area contributed by atoms with Gasteiger partial charge >= 0.3 is 0 Å². The van der Waals surface area contributed by atoms with Gasteiger partial charge in [-0.25, -0.2) is 0 Å². The molecule has 0 aliphatic carbocycles. The summed E-state index contributed by atoms with van der Waals surface area (Å²) in [6.07, 6.45) is 1.79. The Hall–Kier alpha value is -1.65. The van der Waals surface area contributed by atoms with Crippen molar-refractivity contribution < 1.29 is 9.90 Å². The average molecular weight is 303 g/mol. The fourth-order valence-corrected chi connectivity index (χ4v) is 2.75. The number of hydrogen-bond donors (Lipinski definition) is 2. The second kappa shape index (κ2) is 7.38. The number of thiophene rings is 1. The van der Waals surface area contributed by atoms with Crippen LogP contribution in [0, 0.1) is 0 Å². The Labute approximate surface area is 129 Å². The zero-order chi connectivity index (χ0) is 15.1. The summed E-state index contributed by atoms with van der Waals surface area (Å²) in [7, 11) is 0. The average Bonchev–Trinajstić information content (AvgIpc) is 2.97. The number of carbonyl (C=O) groups is 1. The van der Waals surface area contributed by atoms with Crippen LogP contribution in [-0.2, 0) is 17.6 Å². The number of rotatable bonds is 7. The number of benzene rings is 1. The quantitative estimate of drug-likeness (QED) is 0.826. The lowest BCUT2D eigenvalue weighted by Gasteiger charge is -2.23. The van der Waals surface area contributed by atoms with Gasteiger partial charge < -0.3 is 10.4 Å². The van der Waals surface area contributed by atoms with Crippen molar-refractivity contribution in [3.8, 4) is 0 Å². The van der Waals surface area contributed by atoms with E-state index in [0.29, 0.717) is 12.8 Å². The highest BCUT2D eigenvalue weighted by Crippen LogP contribution is 2.13. The molecule has 0 radical (unpaired) electrons. The lowest BCUT2D eigenvalue weighted by Crippen LogP contribution is -2.41.